The van der Waals surface area contributed by atoms with E-state index in [9.17, 15) is 69.3 Å². The molecule has 4 fully saturated rings. The Morgan fingerprint density at radius 1 is 0.672 bits per heavy atom. The maximum Gasteiger partial charge on any atom is 3.00 e. The molecule has 0 spiro atoms. The number of carboxylic acids is 5. The van der Waals surface area contributed by atoms with Gasteiger partial charge in [-0.15, -0.1) is 0 Å². The Morgan fingerprint density at radius 2 is 1.20 bits per heavy atom. The molecule has 0 aromatic rings. The van der Waals surface area contributed by atoms with Crippen LogP contribution >= 0.6 is 0 Å². The van der Waals surface area contributed by atoms with Crippen LogP contribution in [0, 0.1) is 86.3 Å². The third-order valence-corrected chi connectivity index (χ3v) is 14.4. The third-order valence-electron chi connectivity index (χ3n) is 14.4. The number of carbonyl (C=O) groups excluding carboxylic acids is 2. The predicted octanol–water partition coefficient (Wildman–Crippen LogP) is -3.06. The van der Waals surface area contributed by atoms with Crippen LogP contribution in [0.5, 0.6) is 0 Å². The molecule has 5 unspecified atom stereocenters. The summed E-state index contributed by atoms with van der Waals surface area (Å²) >= 11 is 0. The number of aliphatic hydroxyl groups excluding tert-OH is 2. The minimum Gasteiger partial charge on any atom is -0.481 e. The Morgan fingerprint density at radius 3 is 1.70 bits per heavy atom. The molecule has 0 saturated heterocycles. The van der Waals surface area contributed by atoms with E-state index in [4.69, 9.17) is 0 Å². The number of fused-ring (bicyclic) bond motifs is 5. The van der Waals surface area contributed by atoms with Gasteiger partial charge in [-0.2, -0.15) is 0 Å². The maximum absolute atomic E-state index is 13.2. The van der Waals surface area contributed by atoms with Gasteiger partial charge < -0.3 is 46.4 Å². The topological polar surface area (TPSA) is 295 Å². The molecule has 19 nitrogen and oxygen atoms in total. The maximum atomic E-state index is 13.2. The second-order valence-corrected chi connectivity index (χ2v) is 18.1. The largest absolute Gasteiger partial charge is 3.00 e. The molecule has 339 valence electrons. The SMILES string of the molecule is CC(CCC(=O)O)[C@H]1CCC2C3C(O)C[C@@H]4C[C@@H](NC(=O)CNC(=O)CN(CCN(CC(=O)O)CC(=O)O)CCN(CC(=O)O)CC(=O)O)CC[C@]4(C)C3C[C@H](O)[C@@]21C.[Gd+3].[Na+]. The van der Waals surface area contributed by atoms with Gasteiger partial charge in [-0.05, 0) is 97.7 Å². The van der Waals surface area contributed by atoms with E-state index in [-0.39, 0.29) is 162 Å². The summed E-state index contributed by atoms with van der Waals surface area (Å²) in [5.74, 6) is -6.24. The summed E-state index contributed by atoms with van der Waals surface area (Å²) in [5.41, 5.74) is -0.564. The standard InChI is InChI=1S/C40H65N5O14.Gd.Na/c1-23(4-7-33(50)51)26-5-6-27-38-28(16-30(47)40(26,27)3)39(2)9-8-25(14-24(39)15-29(38)46)42-31(48)17-41-32(49)18-43(10-12-44(19-34(52)53)20-35(54)55)11-13-45(21-36(56)57)22-37(58)59;;/h23-30,38,46-47H,4-22H2,1-3H3,(H,41,49)(H,42,48)(H,50,51)(H,52,53)(H,54,55)(H,56,57)(H,58,59);;/q;+3;+1/t23?,24-,25-,26+,27?,28?,29?,30-,38?,39-,40+;;/m0../s1. The van der Waals surface area contributed by atoms with E-state index in [0.29, 0.717) is 32.1 Å². The summed E-state index contributed by atoms with van der Waals surface area (Å²) in [4.78, 5) is 86.5. The number of nitrogens with zero attached hydrogens (tertiary/aromatic N) is 3. The fraction of sp³-hybridized carbons (Fsp3) is 0.825. The van der Waals surface area contributed by atoms with E-state index in [1.54, 1.807) is 0 Å². The monoisotopic (exact) mass is 1020 g/mol. The summed E-state index contributed by atoms with van der Waals surface area (Å²) in [6.07, 6.45) is 4.52. The third kappa shape index (κ3) is 15.0. The van der Waals surface area contributed by atoms with Crippen molar-refractivity contribution < 1.29 is 139 Å². The molecule has 4 aliphatic rings. The van der Waals surface area contributed by atoms with E-state index in [1.807, 2.05) is 0 Å². The second-order valence-electron chi connectivity index (χ2n) is 18.1. The summed E-state index contributed by atoms with van der Waals surface area (Å²) in [6.45, 7) is 3.25. The van der Waals surface area contributed by atoms with Crippen LogP contribution in [-0.2, 0) is 33.6 Å². The number of hydrogen-bond acceptors (Lipinski definition) is 12. The van der Waals surface area contributed by atoms with E-state index >= 15 is 0 Å². The molecule has 0 aromatic heterocycles. The van der Waals surface area contributed by atoms with Crippen LogP contribution < -0.4 is 40.2 Å². The summed E-state index contributed by atoms with van der Waals surface area (Å²) < 4.78 is 0. The van der Waals surface area contributed by atoms with Crippen LogP contribution in [0.25, 0.3) is 0 Å². The van der Waals surface area contributed by atoms with Gasteiger partial charge in [-0.3, -0.25) is 48.3 Å². The second kappa shape index (κ2) is 24.6. The van der Waals surface area contributed by atoms with Crippen molar-refractivity contribution in [3.8, 4) is 0 Å². The fourth-order valence-corrected chi connectivity index (χ4v) is 11.6. The van der Waals surface area contributed by atoms with Crippen molar-refractivity contribution in [2.45, 2.75) is 96.8 Å². The molecule has 61 heavy (non-hydrogen) atoms. The molecular formula is C40H65GdN5NaO14+4. The molecule has 4 aliphatic carbocycles. The molecular weight excluding hydrogens is 955 g/mol. The number of aliphatic hydroxyl groups is 2. The van der Waals surface area contributed by atoms with Crippen molar-refractivity contribution in [2.24, 2.45) is 46.3 Å². The van der Waals surface area contributed by atoms with Gasteiger partial charge in [0, 0.05) is 38.6 Å². The first kappa shape index (κ1) is 55.5. The van der Waals surface area contributed by atoms with E-state index in [2.05, 4.69) is 31.4 Å². The number of carbonyl (C=O) groups is 7. The van der Waals surface area contributed by atoms with Crippen LogP contribution in [0.4, 0.5) is 0 Å². The van der Waals surface area contributed by atoms with Crippen molar-refractivity contribution in [2.75, 3.05) is 65.4 Å². The molecule has 11 atom stereocenters. The zero-order valence-electron chi connectivity index (χ0n) is 35.8. The van der Waals surface area contributed by atoms with Gasteiger partial charge in [0.05, 0.1) is 51.5 Å². The summed E-state index contributed by atoms with van der Waals surface area (Å²) in [5, 5.41) is 75.4. The van der Waals surface area contributed by atoms with Crippen molar-refractivity contribution >= 4 is 41.7 Å². The van der Waals surface area contributed by atoms with Crippen LogP contribution in [0.1, 0.15) is 78.6 Å². The number of nitrogens with one attached hydrogen (secondary N) is 2. The quantitative estimate of drug-likeness (QED) is 0.0459. The Labute approximate surface area is 411 Å². The molecule has 0 aliphatic heterocycles. The molecule has 2 amide bonds. The Kier molecular flexibility index (Phi) is 22.4. The smallest absolute Gasteiger partial charge is 0.481 e. The first-order valence-corrected chi connectivity index (χ1v) is 20.8. The van der Waals surface area contributed by atoms with Crippen LogP contribution in [0.15, 0.2) is 0 Å². The minimum atomic E-state index is -1.26. The first-order chi connectivity index (χ1) is 27.6. The molecule has 1 radical (unpaired) electrons. The van der Waals surface area contributed by atoms with Gasteiger partial charge in [0.2, 0.25) is 11.8 Å². The van der Waals surface area contributed by atoms with Crippen LogP contribution in [-0.4, -0.2) is 176 Å². The number of rotatable bonds is 23. The Balaban J connectivity index is 0.00000641. The molecule has 0 bridgehead atoms. The molecule has 0 heterocycles. The predicted molar refractivity (Wildman–Crippen MR) is 209 cm³/mol. The Hall–Kier alpha value is -1.59. The van der Waals surface area contributed by atoms with Gasteiger partial charge in [-0.25, -0.2) is 0 Å². The minimum absolute atomic E-state index is 0. The van der Waals surface area contributed by atoms with Crippen molar-refractivity contribution in [3.05, 3.63) is 0 Å². The first-order valence-electron chi connectivity index (χ1n) is 20.8. The average molecular weight is 1020 g/mol. The zero-order chi connectivity index (χ0) is 43.8. The number of hydrogen-bond donors (Lipinski definition) is 9. The van der Waals surface area contributed by atoms with E-state index in [0.717, 1.165) is 29.1 Å². The van der Waals surface area contributed by atoms with Crippen molar-refractivity contribution in [1.82, 2.24) is 25.3 Å². The normalized spacial score (nSPS) is 30.8. The average Bonchev–Trinajstić information content (AvgIpc) is 3.49. The number of carboxylic acid groups (broad SMARTS) is 5. The van der Waals surface area contributed by atoms with Gasteiger partial charge in [0.15, 0.2) is 0 Å². The Bertz CT molecular complexity index is 1490. The fourth-order valence-electron chi connectivity index (χ4n) is 11.6. The zero-order valence-corrected chi connectivity index (χ0v) is 40.1. The van der Waals surface area contributed by atoms with Crippen molar-refractivity contribution in [1.29, 1.82) is 0 Å². The number of amides is 2. The van der Waals surface area contributed by atoms with Gasteiger partial charge in [-0.1, -0.05) is 20.8 Å². The van der Waals surface area contributed by atoms with E-state index < -0.39 is 85.5 Å². The number of aliphatic carboxylic acids is 5. The van der Waals surface area contributed by atoms with Gasteiger partial charge in [0.25, 0.3) is 0 Å². The summed E-state index contributed by atoms with van der Waals surface area (Å²) in [6, 6.07) is -0.202. The van der Waals surface area contributed by atoms with Crippen molar-refractivity contribution in [3.63, 3.8) is 0 Å². The molecule has 9 N–H and O–H groups in total. The van der Waals surface area contributed by atoms with Gasteiger partial charge in [0.1, 0.15) is 0 Å². The molecule has 0 aromatic carbocycles. The van der Waals surface area contributed by atoms with E-state index in [1.165, 1.54) is 4.90 Å². The van der Waals surface area contributed by atoms with Crippen LogP contribution in [0.3, 0.4) is 0 Å². The van der Waals surface area contributed by atoms with Gasteiger partial charge >= 0.3 is 99.3 Å². The summed E-state index contributed by atoms with van der Waals surface area (Å²) in [7, 11) is 0. The molecule has 4 saturated carbocycles. The molecule has 4 rings (SSSR count). The van der Waals surface area contributed by atoms with Crippen LogP contribution in [0.2, 0.25) is 0 Å². The molecule has 21 heteroatoms.